The molecule has 1 amide bonds. The zero-order chi connectivity index (χ0) is 18.6. The van der Waals surface area contributed by atoms with Crippen molar-refractivity contribution in [3.8, 4) is 11.4 Å². The molecule has 0 bridgehead atoms. The van der Waals surface area contributed by atoms with Gasteiger partial charge in [0.05, 0.1) is 5.52 Å². The number of amides is 1. The Labute approximate surface area is 163 Å². The van der Waals surface area contributed by atoms with Crippen LogP contribution in [0.15, 0.2) is 48.5 Å². The number of anilines is 1. The first-order valence-corrected chi connectivity index (χ1v) is 9.63. The van der Waals surface area contributed by atoms with Crippen molar-refractivity contribution in [1.82, 2.24) is 15.3 Å². The first-order chi connectivity index (χ1) is 13.2. The Bertz CT molecular complexity index is 954. The Morgan fingerprint density at radius 1 is 1.04 bits per heavy atom. The van der Waals surface area contributed by atoms with Crippen molar-refractivity contribution in [3.05, 3.63) is 53.6 Å². The van der Waals surface area contributed by atoms with Gasteiger partial charge in [0.25, 0.3) is 0 Å². The normalized spacial score (nSPS) is 14.0. The molecule has 2 aromatic carbocycles. The summed E-state index contributed by atoms with van der Waals surface area (Å²) in [6.45, 7) is 1.18. The Morgan fingerprint density at radius 3 is 2.56 bits per heavy atom. The van der Waals surface area contributed by atoms with Gasteiger partial charge in [0.2, 0.25) is 5.91 Å². The molecule has 3 aromatic rings. The van der Waals surface area contributed by atoms with Crippen LogP contribution in [0.4, 0.5) is 5.82 Å². The van der Waals surface area contributed by atoms with Gasteiger partial charge in [-0.2, -0.15) is 0 Å². The molecule has 4 rings (SSSR count). The molecule has 0 spiro atoms. The van der Waals surface area contributed by atoms with Gasteiger partial charge in [-0.25, -0.2) is 9.97 Å². The van der Waals surface area contributed by atoms with Gasteiger partial charge in [-0.15, -0.1) is 0 Å². The van der Waals surface area contributed by atoms with Crippen LogP contribution < -0.4 is 10.6 Å². The second-order valence-corrected chi connectivity index (χ2v) is 7.20. The minimum atomic E-state index is 0.164. The quantitative estimate of drug-likeness (QED) is 0.626. The van der Waals surface area contributed by atoms with Crippen molar-refractivity contribution in [2.24, 2.45) is 5.92 Å². The third-order valence-corrected chi connectivity index (χ3v) is 5.15. The lowest BCUT2D eigenvalue weighted by Gasteiger charge is -2.24. The number of benzene rings is 2. The maximum absolute atomic E-state index is 11.9. The van der Waals surface area contributed by atoms with E-state index in [-0.39, 0.29) is 11.8 Å². The average molecular weight is 381 g/mol. The topological polar surface area (TPSA) is 66.9 Å². The average Bonchev–Trinajstić information content (AvgIpc) is 2.64. The van der Waals surface area contributed by atoms with Crippen molar-refractivity contribution in [1.29, 1.82) is 0 Å². The minimum absolute atomic E-state index is 0.164. The van der Waals surface area contributed by atoms with E-state index in [9.17, 15) is 4.79 Å². The lowest BCUT2D eigenvalue weighted by Crippen LogP contribution is -2.36. The van der Waals surface area contributed by atoms with Crippen LogP contribution >= 0.6 is 11.6 Å². The third kappa shape index (κ3) is 4.03. The second kappa shape index (κ2) is 7.92. The zero-order valence-corrected chi connectivity index (χ0v) is 15.7. The lowest BCUT2D eigenvalue weighted by atomic mass is 9.85. The number of para-hydroxylation sites is 1. The summed E-state index contributed by atoms with van der Waals surface area (Å²) in [5, 5.41) is 7.98. The van der Waals surface area contributed by atoms with E-state index in [0.29, 0.717) is 23.9 Å². The van der Waals surface area contributed by atoms with E-state index in [0.717, 1.165) is 41.5 Å². The Morgan fingerprint density at radius 2 is 1.81 bits per heavy atom. The van der Waals surface area contributed by atoms with E-state index < -0.39 is 0 Å². The predicted molar refractivity (Wildman–Crippen MR) is 109 cm³/mol. The van der Waals surface area contributed by atoms with Crippen LogP contribution in [0.1, 0.15) is 19.3 Å². The molecular weight excluding hydrogens is 360 g/mol. The fourth-order valence-electron chi connectivity index (χ4n) is 3.12. The highest BCUT2D eigenvalue weighted by Gasteiger charge is 2.24. The van der Waals surface area contributed by atoms with Gasteiger partial charge >= 0.3 is 0 Å². The van der Waals surface area contributed by atoms with Crippen molar-refractivity contribution < 1.29 is 4.79 Å². The standard InChI is InChI=1S/C21H21ClN4O/c22-16-10-8-14(9-11-16)19-25-18-7-2-1-6-17(18)20(26-19)23-12-13-24-21(27)15-4-3-5-15/h1-2,6-11,15H,3-5,12-13H2,(H,24,27)(H,23,25,26). The van der Waals surface area contributed by atoms with Gasteiger partial charge in [-0.1, -0.05) is 30.2 Å². The van der Waals surface area contributed by atoms with Gasteiger partial charge in [0, 0.05) is 35.0 Å². The lowest BCUT2D eigenvalue weighted by molar-refractivity contribution is -0.127. The van der Waals surface area contributed by atoms with Gasteiger partial charge in [0.15, 0.2) is 5.82 Å². The summed E-state index contributed by atoms with van der Waals surface area (Å²) in [4.78, 5) is 21.3. The van der Waals surface area contributed by atoms with E-state index in [1.807, 2.05) is 48.5 Å². The molecule has 0 saturated heterocycles. The Kier molecular flexibility index (Phi) is 5.21. The first kappa shape index (κ1) is 17.7. The molecular formula is C21H21ClN4O. The monoisotopic (exact) mass is 380 g/mol. The molecule has 138 valence electrons. The Hall–Kier alpha value is -2.66. The summed E-state index contributed by atoms with van der Waals surface area (Å²) in [6, 6.07) is 15.4. The van der Waals surface area contributed by atoms with Crippen molar-refractivity contribution in [2.45, 2.75) is 19.3 Å². The molecule has 5 nitrogen and oxygen atoms in total. The smallest absolute Gasteiger partial charge is 0.223 e. The van der Waals surface area contributed by atoms with E-state index in [1.54, 1.807) is 0 Å². The fraction of sp³-hybridized carbons (Fsp3) is 0.286. The summed E-state index contributed by atoms with van der Waals surface area (Å²) in [7, 11) is 0. The highest BCUT2D eigenvalue weighted by Crippen LogP contribution is 2.27. The summed E-state index contributed by atoms with van der Waals surface area (Å²) >= 11 is 5.98. The van der Waals surface area contributed by atoms with Crippen LogP contribution in [0, 0.1) is 5.92 Å². The molecule has 0 atom stereocenters. The number of hydrogen-bond acceptors (Lipinski definition) is 4. The van der Waals surface area contributed by atoms with Crippen LogP contribution in [0.25, 0.3) is 22.3 Å². The number of rotatable bonds is 6. The molecule has 27 heavy (non-hydrogen) atoms. The molecule has 1 aliphatic rings. The highest BCUT2D eigenvalue weighted by molar-refractivity contribution is 6.30. The third-order valence-electron chi connectivity index (χ3n) is 4.90. The molecule has 6 heteroatoms. The SMILES string of the molecule is O=C(NCCNc1nc(-c2ccc(Cl)cc2)nc2ccccc12)C1CCC1. The van der Waals surface area contributed by atoms with Crippen molar-refractivity contribution in [3.63, 3.8) is 0 Å². The molecule has 1 saturated carbocycles. The summed E-state index contributed by atoms with van der Waals surface area (Å²) < 4.78 is 0. The number of carbonyl (C=O) groups is 1. The molecule has 1 aliphatic carbocycles. The fourth-order valence-corrected chi connectivity index (χ4v) is 3.25. The zero-order valence-electron chi connectivity index (χ0n) is 14.9. The minimum Gasteiger partial charge on any atom is -0.368 e. The van der Waals surface area contributed by atoms with Gasteiger partial charge in [-0.05, 0) is 49.2 Å². The van der Waals surface area contributed by atoms with Gasteiger partial charge < -0.3 is 10.6 Å². The second-order valence-electron chi connectivity index (χ2n) is 6.77. The first-order valence-electron chi connectivity index (χ1n) is 9.25. The van der Waals surface area contributed by atoms with Crippen molar-refractivity contribution >= 4 is 34.2 Å². The summed E-state index contributed by atoms with van der Waals surface area (Å²) in [5.41, 5.74) is 1.78. The number of nitrogens with one attached hydrogen (secondary N) is 2. The van der Waals surface area contributed by atoms with E-state index in [1.165, 1.54) is 0 Å². The molecule has 1 fully saturated rings. The van der Waals surface area contributed by atoms with Gasteiger partial charge in [-0.3, -0.25) is 4.79 Å². The summed E-state index contributed by atoms with van der Waals surface area (Å²) in [5.74, 6) is 1.79. The van der Waals surface area contributed by atoms with E-state index in [4.69, 9.17) is 16.6 Å². The molecule has 0 aliphatic heterocycles. The van der Waals surface area contributed by atoms with Crippen molar-refractivity contribution in [2.75, 3.05) is 18.4 Å². The number of halogens is 1. The molecule has 0 unspecified atom stereocenters. The van der Waals surface area contributed by atoms with Crippen LogP contribution in [0.3, 0.4) is 0 Å². The van der Waals surface area contributed by atoms with Crippen LogP contribution in [-0.2, 0) is 4.79 Å². The predicted octanol–water partition coefficient (Wildman–Crippen LogP) is 4.28. The molecule has 0 radical (unpaired) electrons. The largest absolute Gasteiger partial charge is 0.368 e. The highest BCUT2D eigenvalue weighted by atomic mass is 35.5. The summed E-state index contributed by atoms with van der Waals surface area (Å²) in [6.07, 6.45) is 3.19. The maximum atomic E-state index is 11.9. The number of carbonyl (C=O) groups excluding carboxylic acids is 1. The van der Waals surface area contributed by atoms with Crippen LogP contribution in [0.2, 0.25) is 5.02 Å². The number of fused-ring (bicyclic) bond motifs is 1. The van der Waals surface area contributed by atoms with E-state index >= 15 is 0 Å². The van der Waals surface area contributed by atoms with Crippen LogP contribution in [-0.4, -0.2) is 29.0 Å². The molecule has 1 aromatic heterocycles. The molecule has 2 N–H and O–H groups in total. The Balaban J connectivity index is 1.51. The number of nitrogens with zero attached hydrogens (tertiary/aromatic N) is 2. The number of aromatic nitrogens is 2. The van der Waals surface area contributed by atoms with Crippen LogP contribution in [0.5, 0.6) is 0 Å². The maximum Gasteiger partial charge on any atom is 0.223 e. The van der Waals surface area contributed by atoms with Gasteiger partial charge in [0.1, 0.15) is 5.82 Å². The molecule has 1 heterocycles. The number of hydrogen-bond donors (Lipinski definition) is 2. The van der Waals surface area contributed by atoms with E-state index in [2.05, 4.69) is 15.6 Å².